The van der Waals surface area contributed by atoms with Gasteiger partial charge < -0.3 is 15.1 Å². The predicted octanol–water partition coefficient (Wildman–Crippen LogP) is 1.91. The highest BCUT2D eigenvalue weighted by molar-refractivity contribution is 5.84. The number of non-ortho nitro benzene ring substituents is 1. The van der Waals surface area contributed by atoms with Crippen molar-refractivity contribution < 1.29 is 9.34 Å². The molecule has 0 bridgehead atoms. The summed E-state index contributed by atoms with van der Waals surface area (Å²) in [4.78, 5) is 16.9. The van der Waals surface area contributed by atoms with Gasteiger partial charge in [0.25, 0.3) is 11.7 Å². The van der Waals surface area contributed by atoms with Crippen molar-refractivity contribution in [1.82, 2.24) is 4.98 Å². The van der Waals surface area contributed by atoms with Crippen LogP contribution in [0.2, 0.25) is 0 Å². The zero-order valence-electron chi connectivity index (χ0n) is 11.0. The molecule has 0 unspecified atom stereocenters. The van der Waals surface area contributed by atoms with Gasteiger partial charge in [-0.05, 0) is 31.4 Å². The third-order valence-electron chi connectivity index (χ3n) is 3.80. The molecule has 0 atom stereocenters. The van der Waals surface area contributed by atoms with Crippen LogP contribution in [0.5, 0.6) is 0 Å². The van der Waals surface area contributed by atoms with E-state index < -0.39 is 4.92 Å². The van der Waals surface area contributed by atoms with Gasteiger partial charge in [-0.25, -0.2) is 0 Å². The summed E-state index contributed by atoms with van der Waals surface area (Å²) in [6, 6.07) is 5.21. The maximum absolute atomic E-state index is 11.0. The molecule has 7 nitrogen and oxygen atoms in total. The quantitative estimate of drug-likeness (QED) is 0.679. The molecule has 0 saturated carbocycles. The Balaban J connectivity index is 1.90. The zero-order chi connectivity index (χ0) is 14.1. The number of nitrogens with zero attached hydrogens (tertiary/aromatic N) is 3. The molecule has 0 aliphatic carbocycles. The predicted molar refractivity (Wildman–Crippen MR) is 74.7 cm³/mol. The highest BCUT2D eigenvalue weighted by Crippen LogP contribution is 2.30. The van der Waals surface area contributed by atoms with E-state index in [0.717, 1.165) is 25.9 Å². The van der Waals surface area contributed by atoms with Crippen molar-refractivity contribution in [3.05, 3.63) is 28.3 Å². The molecule has 7 heteroatoms. The number of anilines is 1. The molecular formula is C13H16N4O3. The highest BCUT2D eigenvalue weighted by Gasteiger charge is 2.24. The molecule has 0 radical (unpaired) electrons. The molecule has 1 aromatic heterocycles. The number of oxazole rings is 1. The molecule has 2 N–H and O–H groups in total. The van der Waals surface area contributed by atoms with Crippen LogP contribution >= 0.6 is 0 Å². The van der Waals surface area contributed by atoms with Crippen LogP contribution in [0.4, 0.5) is 11.7 Å². The molecule has 1 fully saturated rings. The Labute approximate surface area is 115 Å². The first-order valence-corrected chi connectivity index (χ1v) is 6.68. The number of benzene rings is 1. The lowest BCUT2D eigenvalue weighted by molar-refractivity contribution is -0.383. The minimum atomic E-state index is -0.435. The topological polar surface area (TPSA) is 98.4 Å². The lowest BCUT2D eigenvalue weighted by atomic mass is 9.97. The largest absolute Gasteiger partial charge is 0.423 e. The van der Waals surface area contributed by atoms with Crippen LogP contribution < -0.4 is 10.6 Å². The van der Waals surface area contributed by atoms with Gasteiger partial charge in [0.05, 0.1) is 4.92 Å². The second kappa shape index (κ2) is 5.09. The summed E-state index contributed by atoms with van der Waals surface area (Å²) in [6.07, 6.45) is 1.99. The normalized spacial score (nSPS) is 16.8. The van der Waals surface area contributed by atoms with E-state index in [-0.39, 0.29) is 5.69 Å². The first-order valence-electron chi connectivity index (χ1n) is 6.68. The minimum Gasteiger partial charge on any atom is -0.423 e. The number of nitro benzene ring substituents is 1. The molecule has 1 aliphatic rings. The van der Waals surface area contributed by atoms with Gasteiger partial charge in [0.15, 0.2) is 11.1 Å². The first kappa shape index (κ1) is 12.9. The standard InChI is InChI=1S/C13H16N4O3/c14-8-9-4-6-16(7-5-9)13-15-12-10(17(18)19)2-1-3-11(12)20-13/h1-3,9H,4-8,14H2. The maximum atomic E-state index is 11.0. The van der Waals surface area contributed by atoms with Crippen LogP contribution in [0.3, 0.4) is 0 Å². The SMILES string of the molecule is NCC1CCN(c2nc3c([N+](=O)[O-])cccc3o2)CC1. The van der Waals surface area contributed by atoms with Crippen LogP contribution in [0.1, 0.15) is 12.8 Å². The fourth-order valence-electron chi connectivity index (χ4n) is 2.56. The number of para-hydroxylation sites is 1. The first-order chi connectivity index (χ1) is 9.69. The third kappa shape index (κ3) is 2.20. The highest BCUT2D eigenvalue weighted by atomic mass is 16.6. The molecular weight excluding hydrogens is 260 g/mol. The van der Waals surface area contributed by atoms with Crippen molar-refractivity contribution in [1.29, 1.82) is 0 Å². The monoisotopic (exact) mass is 276 g/mol. The van der Waals surface area contributed by atoms with Gasteiger partial charge in [-0.3, -0.25) is 10.1 Å². The van der Waals surface area contributed by atoms with Crippen molar-refractivity contribution in [3.8, 4) is 0 Å². The van der Waals surface area contributed by atoms with Gasteiger partial charge in [0.1, 0.15) is 0 Å². The van der Waals surface area contributed by atoms with Crippen molar-refractivity contribution in [2.75, 3.05) is 24.5 Å². The fraction of sp³-hybridized carbons (Fsp3) is 0.462. The van der Waals surface area contributed by atoms with Gasteiger partial charge in [-0.2, -0.15) is 4.98 Å². The average Bonchev–Trinajstić information content (AvgIpc) is 2.90. The summed E-state index contributed by atoms with van der Waals surface area (Å²) in [5.74, 6) is 0.546. The average molecular weight is 276 g/mol. The number of nitro groups is 1. The van der Waals surface area contributed by atoms with Gasteiger partial charge in [0, 0.05) is 19.2 Å². The summed E-state index contributed by atoms with van der Waals surface area (Å²) in [5.41, 5.74) is 6.42. The number of aromatic nitrogens is 1. The van der Waals surface area contributed by atoms with Gasteiger partial charge in [0.2, 0.25) is 0 Å². The molecule has 2 aromatic rings. The number of hydrogen-bond acceptors (Lipinski definition) is 6. The number of nitrogens with two attached hydrogens (primary N) is 1. The van der Waals surface area contributed by atoms with Crippen LogP contribution in [-0.4, -0.2) is 29.5 Å². The molecule has 2 heterocycles. The summed E-state index contributed by atoms with van der Waals surface area (Å²) < 4.78 is 5.65. The minimum absolute atomic E-state index is 0.0191. The maximum Gasteiger partial charge on any atom is 0.298 e. The fourth-order valence-corrected chi connectivity index (χ4v) is 2.56. The smallest absolute Gasteiger partial charge is 0.298 e. The van der Waals surface area contributed by atoms with E-state index in [1.807, 2.05) is 4.90 Å². The van der Waals surface area contributed by atoms with Crippen LogP contribution in [-0.2, 0) is 0 Å². The molecule has 106 valence electrons. The zero-order valence-corrected chi connectivity index (χ0v) is 11.0. The van der Waals surface area contributed by atoms with Crippen LogP contribution in [0.25, 0.3) is 11.1 Å². The Bertz CT molecular complexity index is 632. The van der Waals surface area contributed by atoms with E-state index in [4.69, 9.17) is 10.2 Å². The van der Waals surface area contributed by atoms with E-state index >= 15 is 0 Å². The summed E-state index contributed by atoms with van der Waals surface area (Å²) >= 11 is 0. The lowest BCUT2D eigenvalue weighted by Gasteiger charge is -2.29. The van der Waals surface area contributed by atoms with E-state index in [1.165, 1.54) is 6.07 Å². The van der Waals surface area contributed by atoms with Gasteiger partial charge >= 0.3 is 0 Å². The van der Waals surface area contributed by atoms with Crippen LogP contribution in [0.15, 0.2) is 22.6 Å². The summed E-state index contributed by atoms with van der Waals surface area (Å²) in [6.45, 7) is 2.35. The molecule has 0 spiro atoms. The van der Waals surface area contributed by atoms with Crippen molar-refractivity contribution in [2.45, 2.75) is 12.8 Å². The third-order valence-corrected chi connectivity index (χ3v) is 3.80. The number of rotatable bonds is 3. The summed E-state index contributed by atoms with van der Waals surface area (Å²) in [7, 11) is 0. The Morgan fingerprint density at radius 2 is 2.20 bits per heavy atom. The Kier molecular flexibility index (Phi) is 3.27. The van der Waals surface area contributed by atoms with Gasteiger partial charge in [-0.15, -0.1) is 0 Å². The molecule has 0 amide bonds. The second-order valence-electron chi connectivity index (χ2n) is 5.04. The van der Waals surface area contributed by atoms with Crippen molar-refractivity contribution >= 4 is 22.8 Å². The second-order valence-corrected chi connectivity index (χ2v) is 5.04. The van der Waals surface area contributed by atoms with E-state index in [1.54, 1.807) is 12.1 Å². The van der Waals surface area contributed by atoms with Crippen molar-refractivity contribution in [2.24, 2.45) is 11.7 Å². The Morgan fingerprint density at radius 1 is 1.45 bits per heavy atom. The number of hydrogen-bond donors (Lipinski definition) is 1. The van der Waals surface area contributed by atoms with E-state index in [2.05, 4.69) is 4.98 Å². The van der Waals surface area contributed by atoms with E-state index in [9.17, 15) is 10.1 Å². The molecule has 1 aliphatic heterocycles. The number of piperidine rings is 1. The van der Waals surface area contributed by atoms with Crippen molar-refractivity contribution in [3.63, 3.8) is 0 Å². The molecule has 20 heavy (non-hydrogen) atoms. The molecule has 1 aromatic carbocycles. The van der Waals surface area contributed by atoms with Crippen LogP contribution in [0, 0.1) is 16.0 Å². The summed E-state index contributed by atoms with van der Waals surface area (Å²) in [5, 5.41) is 11.0. The lowest BCUT2D eigenvalue weighted by Crippen LogP contribution is -2.36. The Hall–Kier alpha value is -2.15. The Morgan fingerprint density at radius 3 is 2.85 bits per heavy atom. The van der Waals surface area contributed by atoms with Gasteiger partial charge in [-0.1, -0.05) is 6.07 Å². The number of fused-ring (bicyclic) bond motifs is 1. The van der Waals surface area contributed by atoms with E-state index in [0.29, 0.717) is 29.6 Å². The molecule has 1 saturated heterocycles. The molecule has 3 rings (SSSR count).